The molecule has 0 saturated carbocycles. The summed E-state index contributed by atoms with van der Waals surface area (Å²) in [4.78, 5) is 18.5. The Kier molecular flexibility index (Phi) is 3.98. The van der Waals surface area contributed by atoms with E-state index in [1.54, 1.807) is 30.0 Å². The molecule has 0 atom stereocenters. The lowest BCUT2D eigenvalue weighted by atomic mass is 10.2. The molecule has 0 bridgehead atoms. The number of imidazole rings is 1. The number of carboxylic acid groups (broad SMARTS) is 1. The SMILES string of the molecule is O=C(O)c1ccc2nc(SCc3ccc(Br)cc3)[nH]c2c1. The van der Waals surface area contributed by atoms with Crippen molar-refractivity contribution in [1.82, 2.24) is 9.97 Å². The van der Waals surface area contributed by atoms with Crippen LogP contribution < -0.4 is 0 Å². The van der Waals surface area contributed by atoms with Crippen LogP contribution in [0.15, 0.2) is 52.1 Å². The summed E-state index contributed by atoms with van der Waals surface area (Å²) in [5.74, 6) is -0.130. The normalized spacial score (nSPS) is 10.9. The van der Waals surface area contributed by atoms with E-state index in [9.17, 15) is 4.79 Å². The van der Waals surface area contributed by atoms with Crippen LogP contribution in [0.5, 0.6) is 0 Å². The molecule has 0 aliphatic heterocycles. The van der Waals surface area contributed by atoms with Crippen LogP contribution >= 0.6 is 27.7 Å². The fourth-order valence-electron chi connectivity index (χ4n) is 1.92. The third-order valence-electron chi connectivity index (χ3n) is 3.00. The molecule has 0 radical (unpaired) electrons. The molecule has 4 nitrogen and oxygen atoms in total. The number of rotatable bonds is 4. The molecule has 3 aromatic rings. The Morgan fingerprint density at radius 1 is 1.24 bits per heavy atom. The van der Waals surface area contributed by atoms with Crippen molar-refractivity contribution >= 4 is 44.7 Å². The highest BCUT2D eigenvalue weighted by Crippen LogP contribution is 2.24. The minimum Gasteiger partial charge on any atom is -0.478 e. The van der Waals surface area contributed by atoms with E-state index in [4.69, 9.17) is 5.11 Å². The predicted molar refractivity (Wildman–Crippen MR) is 86.8 cm³/mol. The zero-order chi connectivity index (χ0) is 14.8. The van der Waals surface area contributed by atoms with E-state index in [-0.39, 0.29) is 5.56 Å². The molecule has 0 aliphatic carbocycles. The third kappa shape index (κ3) is 3.28. The molecule has 1 heterocycles. The van der Waals surface area contributed by atoms with Crippen LogP contribution in [-0.2, 0) is 5.75 Å². The Labute approximate surface area is 133 Å². The number of aromatic carboxylic acids is 1. The first-order valence-electron chi connectivity index (χ1n) is 6.22. The quantitative estimate of drug-likeness (QED) is 0.678. The van der Waals surface area contributed by atoms with Crippen LogP contribution in [0.3, 0.4) is 0 Å². The zero-order valence-corrected chi connectivity index (χ0v) is 13.2. The molecule has 3 rings (SSSR count). The summed E-state index contributed by atoms with van der Waals surface area (Å²) in [7, 11) is 0. The summed E-state index contributed by atoms with van der Waals surface area (Å²) in [6.45, 7) is 0. The standard InChI is InChI=1S/C15H11BrN2O2S/c16-11-4-1-9(2-5-11)8-21-15-17-12-6-3-10(14(19)20)7-13(12)18-15/h1-7H,8H2,(H,17,18)(H,19,20). The number of carboxylic acids is 1. The second kappa shape index (κ2) is 5.91. The van der Waals surface area contributed by atoms with Gasteiger partial charge in [-0.15, -0.1) is 0 Å². The summed E-state index contributed by atoms with van der Waals surface area (Å²) < 4.78 is 1.06. The largest absolute Gasteiger partial charge is 0.478 e. The zero-order valence-electron chi connectivity index (χ0n) is 10.8. The van der Waals surface area contributed by atoms with Gasteiger partial charge in [0.15, 0.2) is 5.16 Å². The Morgan fingerprint density at radius 3 is 2.71 bits per heavy atom. The van der Waals surface area contributed by atoms with Crippen molar-refractivity contribution in [3.05, 3.63) is 58.1 Å². The minimum absolute atomic E-state index is 0.260. The molecule has 0 amide bonds. The van der Waals surface area contributed by atoms with Crippen LogP contribution in [0.4, 0.5) is 0 Å². The number of carbonyl (C=O) groups is 1. The van der Waals surface area contributed by atoms with E-state index in [1.165, 1.54) is 5.56 Å². The van der Waals surface area contributed by atoms with Crippen molar-refractivity contribution in [2.45, 2.75) is 10.9 Å². The van der Waals surface area contributed by atoms with Gasteiger partial charge in [0.1, 0.15) is 0 Å². The maximum Gasteiger partial charge on any atom is 0.335 e. The molecule has 1 aromatic heterocycles. The minimum atomic E-state index is -0.935. The van der Waals surface area contributed by atoms with Gasteiger partial charge in [0.2, 0.25) is 0 Å². The van der Waals surface area contributed by atoms with Crippen LogP contribution in [0.2, 0.25) is 0 Å². The van der Waals surface area contributed by atoms with Crippen LogP contribution in [-0.4, -0.2) is 21.0 Å². The lowest BCUT2D eigenvalue weighted by Gasteiger charge is -1.99. The molecule has 2 N–H and O–H groups in total. The monoisotopic (exact) mass is 362 g/mol. The van der Waals surface area contributed by atoms with Crippen LogP contribution in [0.1, 0.15) is 15.9 Å². The smallest absolute Gasteiger partial charge is 0.335 e. The average Bonchev–Trinajstić information content (AvgIpc) is 2.88. The first-order valence-corrected chi connectivity index (χ1v) is 8.00. The van der Waals surface area contributed by atoms with Gasteiger partial charge in [-0.1, -0.05) is 39.8 Å². The number of thioether (sulfide) groups is 1. The average molecular weight is 363 g/mol. The molecular weight excluding hydrogens is 352 g/mol. The maximum absolute atomic E-state index is 10.9. The number of nitrogens with zero attached hydrogens (tertiary/aromatic N) is 1. The number of fused-ring (bicyclic) bond motifs is 1. The molecule has 0 spiro atoms. The number of aromatic nitrogens is 2. The lowest BCUT2D eigenvalue weighted by Crippen LogP contribution is -1.94. The van der Waals surface area contributed by atoms with Gasteiger partial charge in [0, 0.05) is 10.2 Å². The highest BCUT2D eigenvalue weighted by atomic mass is 79.9. The first-order chi connectivity index (χ1) is 10.1. The fraction of sp³-hybridized carbons (Fsp3) is 0.0667. The van der Waals surface area contributed by atoms with Crippen molar-refractivity contribution in [1.29, 1.82) is 0 Å². The Hall–Kier alpha value is -1.79. The van der Waals surface area contributed by atoms with Gasteiger partial charge in [-0.05, 0) is 35.9 Å². The van der Waals surface area contributed by atoms with E-state index in [2.05, 4.69) is 38.0 Å². The van der Waals surface area contributed by atoms with E-state index in [0.29, 0.717) is 0 Å². The molecule has 6 heteroatoms. The van der Waals surface area contributed by atoms with Gasteiger partial charge in [0.25, 0.3) is 0 Å². The third-order valence-corrected chi connectivity index (χ3v) is 4.47. The second-order valence-electron chi connectivity index (χ2n) is 4.49. The van der Waals surface area contributed by atoms with Crippen molar-refractivity contribution in [3.8, 4) is 0 Å². The Bertz CT molecular complexity index is 799. The molecule has 106 valence electrons. The Morgan fingerprint density at radius 2 is 2.00 bits per heavy atom. The first kappa shape index (κ1) is 14.2. The number of H-pyrrole nitrogens is 1. The van der Waals surface area contributed by atoms with E-state index in [0.717, 1.165) is 26.4 Å². The van der Waals surface area contributed by atoms with Crippen LogP contribution in [0.25, 0.3) is 11.0 Å². The van der Waals surface area contributed by atoms with E-state index in [1.807, 2.05) is 12.1 Å². The van der Waals surface area contributed by atoms with E-state index < -0.39 is 5.97 Å². The van der Waals surface area contributed by atoms with Crippen molar-refractivity contribution in [2.75, 3.05) is 0 Å². The number of nitrogens with one attached hydrogen (secondary N) is 1. The van der Waals surface area contributed by atoms with Gasteiger partial charge in [-0.2, -0.15) is 0 Å². The van der Waals surface area contributed by atoms with Gasteiger partial charge in [0.05, 0.1) is 16.6 Å². The van der Waals surface area contributed by atoms with Crippen LogP contribution in [0, 0.1) is 0 Å². The molecule has 0 saturated heterocycles. The molecule has 0 fully saturated rings. The fourth-order valence-corrected chi connectivity index (χ4v) is 3.03. The highest BCUT2D eigenvalue weighted by molar-refractivity contribution is 9.10. The molecule has 2 aromatic carbocycles. The van der Waals surface area contributed by atoms with E-state index >= 15 is 0 Å². The number of benzene rings is 2. The molecular formula is C15H11BrN2O2S. The lowest BCUT2D eigenvalue weighted by molar-refractivity contribution is 0.0697. The number of hydrogen-bond donors (Lipinski definition) is 2. The molecule has 0 aliphatic rings. The van der Waals surface area contributed by atoms with Gasteiger partial charge >= 0.3 is 5.97 Å². The highest BCUT2D eigenvalue weighted by Gasteiger charge is 2.08. The predicted octanol–water partition coefficient (Wildman–Crippen LogP) is 4.32. The number of halogens is 1. The van der Waals surface area contributed by atoms with Gasteiger partial charge in [-0.25, -0.2) is 9.78 Å². The molecule has 21 heavy (non-hydrogen) atoms. The summed E-state index contributed by atoms with van der Waals surface area (Å²) in [6, 6.07) is 13.0. The second-order valence-corrected chi connectivity index (χ2v) is 6.37. The Balaban J connectivity index is 1.78. The van der Waals surface area contributed by atoms with Crippen molar-refractivity contribution in [3.63, 3.8) is 0 Å². The van der Waals surface area contributed by atoms with Crippen molar-refractivity contribution < 1.29 is 9.90 Å². The summed E-state index contributed by atoms with van der Waals surface area (Å²) >= 11 is 5.00. The van der Waals surface area contributed by atoms with Gasteiger partial charge < -0.3 is 10.1 Å². The summed E-state index contributed by atoms with van der Waals surface area (Å²) in [5.41, 5.74) is 2.98. The van der Waals surface area contributed by atoms with Crippen molar-refractivity contribution in [2.24, 2.45) is 0 Å². The topological polar surface area (TPSA) is 66.0 Å². The number of hydrogen-bond acceptors (Lipinski definition) is 3. The summed E-state index contributed by atoms with van der Waals surface area (Å²) in [6.07, 6.45) is 0. The molecule has 0 unspecified atom stereocenters. The maximum atomic E-state index is 10.9. The van der Waals surface area contributed by atoms with Gasteiger partial charge in [-0.3, -0.25) is 0 Å². The number of aromatic amines is 1. The summed E-state index contributed by atoms with van der Waals surface area (Å²) in [5, 5.41) is 9.77.